The highest BCUT2D eigenvalue weighted by atomic mass is 79.9. The first-order chi connectivity index (χ1) is 9.66. The lowest BCUT2D eigenvalue weighted by Crippen LogP contribution is -2.36. The Kier molecular flexibility index (Phi) is 5.26. The summed E-state index contributed by atoms with van der Waals surface area (Å²) in [4.78, 5) is 16.0. The topological polar surface area (TPSA) is 68.0 Å². The van der Waals surface area contributed by atoms with Crippen LogP contribution in [0.3, 0.4) is 0 Å². The average Bonchev–Trinajstić information content (AvgIpc) is 2.48. The molecule has 0 fully saturated rings. The fraction of sp³-hybridized carbons (Fsp3) is 0.200. The third-order valence-corrected chi connectivity index (χ3v) is 3.57. The van der Waals surface area contributed by atoms with E-state index in [4.69, 9.17) is 5.73 Å². The molecule has 0 saturated carbocycles. The Balaban J connectivity index is 1.88. The van der Waals surface area contributed by atoms with E-state index in [-0.39, 0.29) is 5.91 Å². The van der Waals surface area contributed by atoms with E-state index in [1.54, 1.807) is 18.3 Å². The van der Waals surface area contributed by atoms with Crippen molar-refractivity contribution in [3.05, 3.63) is 58.8 Å². The summed E-state index contributed by atoms with van der Waals surface area (Å²) >= 11 is 3.28. The molecule has 2 rings (SSSR count). The molecule has 5 heteroatoms. The van der Waals surface area contributed by atoms with Gasteiger partial charge in [-0.15, -0.1) is 0 Å². The number of carbonyl (C=O) groups is 1. The number of hydrogen-bond acceptors (Lipinski definition) is 3. The highest BCUT2D eigenvalue weighted by Gasteiger charge is 2.14. The number of amides is 1. The van der Waals surface area contributed by atoms with Gasteiger partial charge in [0.25, 0.3) is 0 Å². The van der Waals surface area contributed by atoms with Crippen molar-refractivity contribution in [1.82, 2.24) is 4.98 Å². The van der Waals surface area contributed by atoms with Gasteiger partial charge < -0.3 is 11.1 Å². The molecule has 1 heterocycles. The van der Waals surface area contributed by atoms with Gasteiger partial charge in [-0.3, -0.25) is 4.79 Å². The van der Waals surface area contributed by atoms with Crippen LogP contribution in [0.2, 0.25) is 0 Å². The summed E-state index contributed by atoms with van der Waals surface area (Å²) in [5.41, 5.74) is 7.73. The van der Waals surface area contributed by atoms with Crippen LogP contribution in [-0.2, 0) is 11.2 Å². The van der Waals surface area contributed by atoms with Gasteiger partial charge in [0.1, 0.15) is 4.60 Å². The van der Waals surface area contributed by atoms with Gasteiger partial charge in [-0.25, -0.2) is 4.98 Å². The summed E-state index contributed by atoms with van der Waals surface area (Å²) in [7, 11) is 0. The minimum Gasteiger partial charge on any atom is -0.322 e. The van der Waals surface area contributed by atoms with Crippen LogP contribution in [0, 0.1) is 0 Å². The zero-order chi connectivity index (χ0) is 14.4. The van der Waals surface area contributed by atoms with Gasteiger partial charge in [0, 0.05) is 6.20 Å². The molecule has 2 aromatic rings. The highest BCUT2D eigenvalue weighted by Crippen LogP contribution is 2.18. The van der Waals surface area contributed by atoms with Crippen molar-refractivity contribution in [2.24, 2.45) is 5.73 Å². The summed E-state index contributed by atoms with van der Waals surface area (Å²) in [5, 5.41) is 2.77. The minimum atomic E-state index is -0.540. The summed E-state index contributed by atoms with van der Waals surface area (Å²) in [6.07, 6.45) is 3.03. The molecule has 1 atom stereocenters. The second-order valence-electron chi connectivity index (χ2n) is 4.46. The predicted molar refractivity (Wildman–Crippen MR) is 83.3 cm³/mol. The van der Waals surface area contributed by atoms with Crippen LogP contribution in [0.1, 0.15) is 12.0 Å². The molecule has 1 amide bonds. The van der Waals surface area contributed by atoms with Gasteiger partial charge in [-0.05, 0) is 46.5 Å². The van der Waals surface area contributed by atoms with E-state index in [1.165, 1.54) is 5.56 Å². The summed E-state index contributed by atoms with van der Waals surface area (Å²) in [6.45, 7) is 0. The number of benzene rings is 1. The number of rotatable bonds is 5. The molecule has 0 aliphatic rings. The first-order valence-corrected chi connectivity index (χ1v) is 7.17. The molecule has 20 heavy (non-hydrogen) atoms. The van der Waals surface area contributed by atoms with E-state index in [0.29, 0.717) is 16.7 Å². The molecule has 1 aromatic carbocycles. The Morgan fingerprint density at radius 3 is 2.70 bits per heavy atom. The van der Waals surface area contributed by atoms with E-state index in [1.807, 2.05) is 30.3 Å². The van der Waals surface area contributed by atoms with Crippen LogP contribution in [-0.4, -0.2) is 16.9 Å². The fourth-order valence-corrected chi connectivity index (χ4v) is 2.15. The lowest BCUT2D eigenvalue weighted by Gasteiger charge is -2.12. The molecule has 0 saturated heterocycles. The second kappa shape index (κ2) is 7.17. The van der Waals surface area contributed by atoms with Crippen molar-refractivity contribution in [1.29, 1.82) is 0 Å². The molecule has 0 bridgehead atoms. The zero-order valence-corrected chi connectivity index (χ0v) is 12.5. The molecule has 1 aromatic heterocycles. The third kappa shape index (κ3) is 4.15. The van der Waals surface area contributed by atoms with Gasteiger partial charge in [-0.2, -0.15) is 0 Å². The molecule has 0 spiro atoms. The molecule has 4 nitrogen and oxygen atoms in total. The SMILES string of the molecule is NC(CCc1ccccc1)C(=O)Nc1cccnc1Br. The van der Waals surface area contributed by atoms with Crippen LogP contribution in [0.5, 0.6) is 0 Å². The number of anilines is 1. The molecule has 104 valence electrons. The minimum absolute atomic E-state index is 0.199. The number of pyridine rings is 1. The Hall–Kier alpha value is -1.72. The van der Waals surface area contributed by atoms with E-state index in [0.717, 1.165) is 6.42 Å². The Labute approximate surface area is 126 Å². The van der Waals surface area contributed by atoms with Crippen molar-refractivity contribution in [2.45, 2.75) is 18.9 Å². The summed E-state index contributed by atoms with van der Waals surface area (Å²) in [5.74, 6) is -0.199. The molecular formula is C15H16BrN3O. The molecule has 0 radical (unpaired) electrons. The smallest absolute Gasteiger partial charge is 0.241 e. The van der Waals surface area contributed by atoms with Crippen LogP contribution in [0.4, 0.5) is 5.69 Å². The van der Waals surface area contributed by atoms with E-state index in [9.17, 15) is 4.79 Å². The lowest BCUT2D eigenvalue weighted by molar-refractivity contribution is -0.117. The standard InChI is InChI=1S/C15H16BrN3O/c16-14-13(7-4-10-18-14)19-15(20)12(17)9-8-11-5-2-1-3-6-11/h1-7,10,12H,8-9,17H2,(H,19,20). The maximum absolute atomic E-state index is 12.0. The van der Waals surface area contributed by atoms with Crippen molar-refractivity contribution >= 4 is 27.5 Å². The Morgan fingerprint density at radius 1 is 1.25 bits per heavy atom. The Bertz CT molecular complexity index is 574. The van der Waals surface area contributed by atoms with Gasteiger partial charge in [0.15, 0.2) is 0 Å². The largest absolute Gasteiger partial charge is 0.322 e. The first kappa shape index (κ1) is 14.7. The molecule has 3 N–H and O–H groups in total. The van der Waals surface area contributed by atoms with Gasteiger partial charge in [0.2, 0.25) is 5.91 Å². The van der Waals surface area contributed by atoms with E-state index < -0.39 is 6.04 Å². The number of nitrogens with two attached hydrogens (primary N) is 1. The number of nitrogens with zero attached hydrogens (tertiary/aromatic N) is 1. The van der Waals surface area contributed by atoms with Gasteiger partial charge in [0.05, 0.1) is 11.7 Å². The lowest BCUT2D eigenvalue weighted by atomic mass is 10.1. The zero-order valence-electron chi connectivity index (χ0n) is 10.9. The highest BCUT2D eigenvalue weighted by molar-refractivity contribution is 9.10. The number of aromatic nitrogens is 1. The normalized spacial score (nSPS) is 11.9. The third-order valence-electron chi connectivity index (χ3n) is 2.94. The van der Waals surface area contributed by atoms with Gasteiger partial charge >= 0.3 is 0 Å². The monoisotopic (exact) mass is 333 g/mol. The Morgan fingerprint density at radius 2 is 2.00 bits per heavy atom. The van der Waals surface area contributed by atoms with Crippen LogP contribution in [0.25, 0.3) is 0 Å². The van der Waals surface area contributed by atoms with Crippen LogP contribution >= 0.6 is 15.9 Å². The van der Waals surface area contributed by atoms with Crippen molar-refractivity contribution in [3.63, 3.8) is 0 Å². The molecule has 0 aliphatic carbocycles. The van der Waals surface area contributed by atoms with E-state index in [2.05, 4.69) is 26.2 Å². The second-order valence-corrected chi connectivity index (χ2v) is 5.21. The number of aryl methyl sites for hydroxylation is 1. The van der Waals surface area contributed by atoms with E-state index >= 15 is 0 Å². The first-order valence-electron chi connectivity index (χ1n) is 6.37. The van der Waals surface area contributed by atoms with Crippen molar-refractivity contribution < 1.29 is 4.79 Å². The van der Waals surface area contributed by atoms with Crippen molar-refractivity contribution in [3.8, 4) is 0 Å². The van der Waals surface area contributed by atoms with Crippen LogP contribution < -0.4 is 11.1 Å². The maximum atomic E-state index is 12.0. The number of hydrogen-bond donors (Lipinski definition) is 2. The summed E-state index contributed by atoms with van der Waals surface area (Å²) < 4.78 is 0.601. The molecule has 1 unspecified atom stereocenters. The quantitative estimate of drug-likeness (QED) is 0.826. The van der Waals surface area contributed by atoms with Crippen LogP contribution in [0.15, 0.2) is 53.3 Å². The number of carbonyl (C=O) groups excluding carboxylic acids is 1. The predicted octanol–water partition coefficient (Wildman–Crippen LogP) is 2.74. The maximum Gasteiger partial charge on any atom is 0.241 e. The number of nitrogens with one attached hydrogen (secondary N) is 1. The number of halogens is 1. The fourth-order valence-electron chi connectivity index (χ4n) is 1.80. The molecular weight excluding hydrogens is 318 g/mol. The van der Waals surface area contributed by atoms with Gasteiger partial charge in [-0.1, -0.05) is 30.3 Å². The average molecular weight is 334 g/mol. The molecule has 0 aliphatic heterocycles. The summed E-state index contributed by atoms with van der Waals surface area (Å²) in [6, 6.07) is 13.0. The van der Waals surface area contributed by atoms with Crippen molar-refractivity contribution in [2.75, 3.05) is 5.32 Å².